The number of nitrogens with one attached hydrogen (secondary N) is 1. The molecule has 2 aliphatic heterocycles. The van der Waals surface area contributed by atoms with E-state index in [0.29, 0.717) is 6.61 Å². The van der Waals surface area contributed by atoms with Crippen LogP contribution in [0.1, 0.15) is 29.7 Å². The Labute approximate surface area is 209 Å². The molecule has 3 heterocycles. The maximum absolute atomic E-state index is 12.6. The van der Waals surface area contributed by atoms with Gasteiger partial charge in [0, 0.05) is 48.1 Å². The van der Waals surface area contributed by atoms with Crippen LogP contribution >= 0.6 is 0 Å². The summed E-state index contributed by atoms with van der Waals surface area (Å²) >= 11 is 0. The van der Waals surface area contributed by atoms with Gasteiger partial charge in [-0.2, -0.15) is 5.10 Å². The van der Waals surface area contributed by atoms with Crippen LogP contribution in [0.3, 0.4) is 0 Å². The number of rotatable bonds is 7. The van der Waals surface area contributed by atoms with Crippen LogP contribution in [0, 0.1) is 5.92 Å². The topological polar surface area (TPSA) is 70.6 Å². The highest BCUT2D eigenvalue weighted by atomic mass is 19.1. The summed E-state index contributed by atoms with van der Waals surface area (Å²) in [5, 5.41) is 18.4. The fourth-order valence-electron chi connectivity index (χ4n) is 5.15. The number of aromatic amines is 1. The first-order valence-corrected chi connectivity index (χ1v) is 12.2. The molecule has 0 aliphatic carbocycles. The zero-order chi connectivity index (χ0) is 24.6. The van der Waals surface area contributed by atoms with Gasteiger partial charge in [-0.1, -0.05) is 24.3 Å². The molecular weight excluding hydrogens is 457 g/mol. The van der Waals surface area contributed by atoms with Gasteiger partial charge in [0.05, 0.1) is 18.4 Å². The van der Waals surface area contributed by atoms with Gasteiger partial charge >= 0.3 is 0 Å². The minimum atomic E-state index is -0.354. The van der Waals surface area contributed by atoms with E-state index in [2.05, 4.69) is 28.1 Å². The molecule has 0 spiro atoms. The third kappa shape index (κ3) is 4.20. The van der Waals surface area contributed by atoms with Crippen LogP contribution in [-0.2, 0) is 0 Å². The van der Waals surface area contributed by atoms with Crippen molar-refractivity contribution in [1.82, 2.24) is 15.1 Å². The molecule has 0 bridgehead atoms. The van der Waals surface area contributed by atoms with E-state index in [0.717, 1.165) is 69.9 Å². The van der Waals surface area contributed by atoms with Gasteiger partial charge in [0.15, 0.2) is 0 Å². The number of halogens is 1. The van der Waals surface area contributed by atoms with Crippen molar-refractivity contribution in [3.63, 3.8) is 0 Å². The first kappa shape index (κ1) is 22.6. The van der Waals surface area contributed by atoms with Gasteiger partial charge < -0.3 is 14.6 Å². The lowest BCUT2D eigenvalue weighted by molar-refractivity contribution is 0.0668. The van der Waals surface area contributed by atoms with Crippen molar-refractivity contribution in [2.75, 3.05) is 32.9 Å². The summed E-state index contributed by atoms with van der Waals surface area (Å²) in [6.07, 6.45) is 1.45. The number of likely N-dealkylation sites (tertiary alicyclic amines) is 1. The Morgan fingerprint density at radius 2 is 1.97 bits per heavy atom. The number of benzene rings is 3. The van der Waals surface area contributed by atoms with Crippen molar-refractivity contribution in [3.8, 4) is 17.2 Å². The normalized spacial score (nSPS) is 18.1. The van der Waals surface area contributed by atoms with E-state index < -0.39 is 0 Å². The average Bonchev–Trinajstić information content (AvgIpc) is 3.32. The zero-order valence-corrected chi connectivity index (χ0v) is 20.1. The lowest BCUT2D eigenvalue weighted by Crippen LogP contribution is -2.49. The van der Waals surface area contributed by atoms with Gasteiger partial charge in [0.2, 0.25) is 0 Å². The summed E-state index contributed by atoms with van der Waals surface area (Å²) in [5.74, 6) is 1.98. The van der Waals surface area contributed by atoms with Crippen LogP contribution in [0.4, 0.5) is 4.39 Å². The highest BCUT2D eigenvalue weighted by molar-refractivity contribution is 5.98. The Hall–Kier alpha value is -3.84. The maximum Gasteiger partial charge on any atom is 0.150 e. The van der Waals surface area contributed by atoms with Crippen LogP contribution in [-0.4, -0.2) is 53.1 Å². The van der Waals surface area contributed by atoms with Crippen LogP contribution in [0.15, 0.2) is 66.9 Å². The molecule has 36 heavy (non-hydrogen) atoms. The summed E-state index contributed by atoms with van der Waals surface area (Å²) in [4.78, 5) is 2.21. The summed E-state index contributed by atoms with van der Waals surface area (Å²) in [7, 11) is 0. The molecule has 1 saturated heterocycles. The third-order valence-corrected chi connectivity index (χ3v) is 7.12. The lowest BCUT2D eigenvalue weighted by Gasteiger charge is -2.37. The Kier molecular flexibility index (Phi) is 5.85. The van der Waals surface area contributed by atoms with Gasteiger partial charge in [-0.25, -0.2) is 0 Å². The number of allylic oxidation sites excluding steroid dienone is 1. The standard InChI is InChI=1S/C29H28FN3O3/c1-18-25-12-22-15-31-32-26(22)13-27(25)36-29(28(18)21-3-2-4-23(34)11-21)20-5-7-24(8-6-20)35-10-9-33-16-19(14-30)17-33/h2-8,11-13,15,19,29,34H,9-10,14,16-17H2,1H3,(H,31,32). The minimum Gasteiger partial charge on any atom is -0.508 e. The van der Waals surface area contributed by atoms with Gasteiger partial charge in [-0.05, 0) is 54.0 Å². The Morgan fingerprint density at radius 3 is 2.75 bits per heavy atom. The molecule has 3 aromatic carbocycles. The van der Waals surface area contributed by atoms with Crippen LogP contribution in [0.5, 0.6) is 17.2 Å². The highest BCUT2D eigenvalue weighted by Crippen LogP contribution is 2.47. The van der Waals surface area contributed by atoms with Crippen LogP contribution in [0.2, 0.25) is 0 Å². The molecular formula is C29H28FN3O3. The highest BCUT2D eigenvalue weighted by Gasteiger charge is 2.30. The predicted molar refractivity (Wildman–Crippen MR) is 138 cm³/mol. The molecule has 1 atom stereocenters. The number of fused-ring (bicyclic) bond motifs is 2. The summed E-state index contributed by atoms with van der Waals surface area (Å²) < 4.78 is 25.2. The smallest absolute Gasteiger partial charge is 0.150 e. The molecule has 1 unspecified atom stereocenters. The van der Waals surface area contributed by atoms with E-state index in [1.165, 1.54) is 0 Å². The van der Waals surface area contributed by atoms with Crippen molar-refractivity contribution in [1.29, 1.82) is 0 Å². The van der Waals surface area contributed by atoms with E-state index in [1.807, 2.05) is 48.7 Å². The number of aromatic nitrogens is 2. The summed E-state index contributed by atoms with van der Waals surface area (Å²) in [5.41, 5.74) is 5.94. The van der Waals surface area contributed by atoms with Gasteiger partial charge in [0.1, 0.15) is 30.0 Å². The molecule has 4 aromatic rings. The summed E-state index contributed by atoms with van der Waals surface area (Å²) in [6.45, 7) is 4.85. The second-order valence-electron chi connectivity index (χ2n) is 9.59. The van der Waals surface area contributed by atoms with Crippen molar-refractivity contribution < 1.29 is 19.0 Å². The second-order valence-corrected chi connectivity index (χ2v) is 9.59. The number of hydrogen-bond acceptors (Lipinski definition) is 5. The molecule has 0 amide bonds. The maximum atomic E-state index is 12.6. The molecule has 6 nitrogen and oxygen atoms in total. The Balaban J connectivity index is 1.28. The first-order chi connectivity index (χ1) is 17.6. The van der Waals surface area contributed by atoms with E-state index >= 15 is 0 Å². The molecule has 2 aliphatic rings. The fraction of sp³-hybridized carbons (Fsp3) is 0.276. The van der Waals surface area contributed by atoms with E-state index in [4.69, 9.17) is 9.47 Å². The second kappa shape index (κ2) is 9.32. The number of phenols is 1. The molecule has 6 rings (SSSR count). The van der Waals surface area contributed by atoms with Gasteiger partial charge in [0.25, 0.3) is 0 Å². The number of nitrogens with zero attached hydrogens (tertiary/aromatic N) is 2. The molecule has 0 saturated carbocycles. The number of alkyl halides is 1. The first-order valence-electron chi connectivity index (χ1n) is 12.2. The monoisotopic (exact) mass is 485 g/mol. The van der Waals surface area contributed by atoms with E-state index in [-0.39, 0.29) is 24.4 Å². The number of ether oxygens (including phenoxy) is 2. The molecule has 7 heteroatoms. The van der Waals surface area contributed by atoms with Gasteiger partial charge in [-0.3, -0.25) is 14.4 Å². The Morgan fingerprint density at radius 1 is 1.14 bits per heavy atom. The number of phenolic OH excluding ortho intramolecular Hbond substituents is 1. The number of aromatic hydroxyl groups is 1. The SMILES string of the molecule is CC1=C(c2cccc(O)c2)C(c2ccc(OCCN3CC(CF)C3)cc2)Oc2cc3[nH]ncc3cc21. The van der Waals surface area contributed by atoms with Crippen molar-refractivity contribution in [3.05, 3.63) is 83.6 Å². The molecule has 1 aromatic heterocycles. The van der Waals surface area contributed by atoms with Crippen LogP contribution < -0.4 is 9.47 Å². The molecule has 1 fully saturated rings. The van der Waals surface area contributed by atoms with E-state index in [9.17, 15) is 9.50 Å². The zero-order valence-electron chi connectivity index (χ0n) is 20.1. The van der Waals surface area contributed by atoms with Crippen molar-refractivity contribution >= 4 is 22.0 Å². The number of hydrogen-bond donors (Lipinski definition) is 2. The van der Waals surface area contributed by atoms with Crippen molar-refractivity contribution in [2.24, 2.45) is 5.92 Å². The van der Waals surface area contributed by atoms with Crippen molar-refractivity contribution in [2.45, 2.75) is 13.0 Å². The molecule has 2 N–H and O–H groups in total. The lowest BCUT2D eigenvalue weighted by atomic mass is 9.86. The molecule has 0 radical (unpaired) electrons. The third-order valence-electron chi connectivity index (χ3n) is 7.12. The predicted octanol–water partition coefficient (Wildman–Crippen LogP) is 5.61. The minimum absolute atomic E-state index is 0.187. The largest absolute Gasteiger partial charge is 0.508 e. The van der Waals surface area contributed by atoms with Gasteiger partial charge in [-0.15, -0.1) is 0 Å². The average molecular weight is 486 g/mol. The molecule has 184 valence electrons. The summed E-state index contributed by atoms with van der Waals surface area (Å²) in [6, 6.07) is 19.4. The Bertz CT molecular complexity index is 1420. The van der Waals surface area contributed by atoms with E-state index in [1.54, 1.807) is 12.1 Å². The quantitative estimate of drug-likeness (QED) is 0.356. The fourth-order valence-corrected chi connectivity index (χ4v) is 5.15. The number of H-pyrrole nitrogens is 1. The van der Waals surface area contributed by atoms with Crippen LogP contribution in [0.25, 0.3) is 22.0 Å².